The molecule has 2 heteroatoms. The van der Waals surface area contributed by atoms with Crippen molar-refractivity contribution in [3.8, 4) is 0 Å². The maximum absolute atomic E-state index is 9.64. The van der Waals surface area contributed by atoms with Crippen LogP contribution >= 0.6 is 0 Å². The fraction of sp³-hybridized carbons (Fsp3) is 0.800. The second-order valence-electron chi connectivity index (χ2n) is 3.81. The van der Waals surface area contributed by atoms with Crippen molar-refractivity contribution in [2.45, 2.75) is 25.9 Å². The van der Waals surface area contributed by atoms with Gasteiger partial charge in [-0.15, -0.1) is 0 Å². The van der Waals surface area contributed by atoms with Crippen LogP contribution in [0.25, 0.3) is 0 Å². The van der Waals surface area contributed by atoms with Gasteiger partial charge in [0.15, 0.2) is 0 Å². The van der Waals surface area contributed by atoms with Crippen LogP contribution in [-0.2, 0) is 4.74 Å². The van der Waals surface area contributed by atoms with Gasteiger partial charge in [0.25, 0.3) is 0 Å². The highest BCUT2D eigenvalue weighted by molar-refractivity contribution is 5.03. The Hall–Kier alpha value is -0.340. The standard InChI is InChI=1S/C10H18O2/c1-7(2)9-4-8(6-12-3)5-10(9)11/h8-11H,1,4-6H2,2-3H3. The molecule has 0 radical (unpaired) electrons. The monoisotopic (exact) mass is 170 g/mol. The predicted octanol–water partition coefficient (Wildman–Crippen LogP) is 1.60. The highest BCUT2D eigenvalue weighted by atomic mass is 16.5. The fourth-order valence-electron chi connectivity index (χ4n) is 2.02. The molecule has 0 amide bonds. The van der Waals surface area contributed by atoms with Crippen LogP contribution in [0, 0.1) is 11.8 Å². The Morgan fingerprint density at radius 2 is 2.25 bits per heavy atom. The van der Waals surface area contributed by atoms with Crippen LogP contribution in [0.1, 0.15) is 19.8 Å². The van der Waals surface area contributed by atoms with Gasteiger partial charge in [0.05, 0.1) is 6.10 Å². The minimum atomic E-state index is -0.192. The smallest absolute Gasteiger partial charge is 0.0608 e. The molecule has 0 heterocycles. The highest BCUT2D eigenvalue weighted by Gasteiger charge is 2.32. The van der Waals surface area contributed by atoms with Crippen molar-refractivity contribution in [2.75, 3.05) is 13.7 Å². The Balaban J connectivity index is 2.44. The summed E-state index contributed by atoms with van der Waals surface area (Å²) in [6, 6.07) is 0. The molecule has 2 nitrogen and oxygen atoms in total. The van der Waals surface area contributed by atoms with Crippen LogP contribution < -0.4 is 0 Å². The summed E-state index contributed by atoms with van der Waals surface area (Å²) in [5, 5.41) is 9.64. The summed E-state index contributed by atoms with van der Waals surface area (Å²) >= 11 is 0. The minimum Gasteiger partial charge on any atom is -0.392 e. The van der Waals surface area contributed by atoms with Gasteiger partial charge < -0.3 is 9.84 Å². The predicted molar refractivity (Wildman–Crippen MR) is 48.9 cm³/mol. The largest absolute Gasteiger partial charge is 0.392 e. The summed E-state index contributed by atoms with van der Waals surface area (Å²) in [5.41, 5.74) is 1.10. The summed E-state index contributed by atoms with van der Waals surface area (Å²) in [6.07, 6.45) is 1.71. The molecule has 0 spiro atoms. The third-order valence-corrected chi connectivity index (χ3v) is 2.66. The lowest BCUT2D eigenvalue weighted by molar-refractivity contribution is 0.128. The molecule has 1 fully saturated rings. The van der Waals surface area contributed by atoms with Crippen LogP contribution in [0.15, 0.2) is 12.2 Å². The molecule has 1 rings (SSSR count). The molecule has 1 N–H and O–H groups in total. The Morgan fingerprint density at radius 3 is 2.67 bits per heavy atom. The molecule has 0 saturated heterocycles. The van der Waals surface area contributed by atoms with E-state index in [1.54, 1.807) is 7.11 Å². The molecule has 0 bridgehead atoms. The number of rotatable bonds is 3. The molecule has 1 saturated carbocycles. The van der Waals surface area contributed by atoms with Gasteiger partial charge in [0.1, 0.15) is 0 Å². The maximum atomic E-state index is 9.64. The van der Waals surface area contributed by atoms with Crippen molar-refractivity contribution >= 4 is 0 Å². The fourth-order valence-corrected chi connectivity index (χ4v) is 2.02. The zero-order valence-electron chi connectivity index (χ0n) is 7.92. The average molecular weight is 170 g/mol. The molecule has 1 aliphatic carbocycles. The van der Waals surface area contributed by atoms with Gasteiger partial charge in [-0.05, 0) is 25.7 Å². The number of hydrogen-bond donors (Lipinski definition) is 1. The van der Waals surface area contributed by atoms with Crippen molar-refractivity contribution < 1.29 is 9.84 Å². The summed E-state index contributed by atoms with van der Waals surface area (Å²) < 4.78 is 5.06. The number of aliphatic hydroxyl groups is 1. The second kappa shape index (κ2) is 4.06. The van der Waals surface area contributed by atoms with E-state index in [0.717, 1.165) is 25.0 Å². The van der Waals surface area contributed by atoms with Crippen LogP contribution in [0.2, 0.25) is 0 Å². The van der Waals surface area contributed by atoms with Crippen LogP contribution in [-0.4, -0.2) is 24.9 Å². The lowest BCUT2D eigenvalue weighted by Gasteiger charge is -2.12. The lowest BCUT2D eigenvalue weighted by Crippen LogP contribution is -2.13. The van der Waals surface area contributed by atoms with Crippen molar-refractivity contribution in [3.05, 3.63) is 12.2 Å². The van der Waals surface area contributed by atoms with Crippen molar-refractivity contribution in [3.63, 3.8) is 0 Å². The molecule has 3 atom stereocenters. The Kier molecular flexibility index (Phi) is 3.29. The SMILES string of the molecule is C=C(C)C1CC(COC)CC1O. The molecule has 0 aromatic rings. The number of ether oxygens (including phenoxy) is 1. The van der Waals surface area contributed by atoms with E-state index in [2.05, 4.69) is 6.58 Å². The topological polar surface area (TPSA) is 29.5 Å². The van der Waals surface area contributed by atoms with Crippen LogP contribution in [0.5, 0.6) is 0 Å². The van der Waals surface area contributed by atoms with Gasteiger partial charge in [-0.25, -0.2) is 0 Å². The molecule has 0 aliphatic heterocycles. The van der Waals surface area contributed by atoms with Crippen molar-refractivity contribution in [1.29, 1.82) is 0 Å². The first kappa shape index (κ1) is 9.75. The van der Waals surface area contributed by atoms with Gasteiger partial charge in [-0.1, -0.05) is 12.2 Å². The van der Waals surface area contributed by atoms with Crippen LogP contribution in [0.3, 0.4) is 0 Å². The molecule has 1 aliphatic rings. The number of methoxy groups -OCH3 is 1. The summed E-state index contributed by atoms with van der Waals surface area (Å²) in [7, 11) is 1.71. The van der Waals surface area contributed by atoms with Gasteiger partial charge in [-0.3, -0.25) is 0 Å². The third-order valence-electron chi connectivity index (χ3n) is 2.66. The van der Waals surface area contributed by atoms with E-state index < -0.39 is 0 Å². The maximum Gasteiger partial charge on any atom is 0.0608 e. The van der Waals surface area contributed by atoms with Crippen LogP contribution in [0.4, 0.5) is 0 Å². The molecule has 12 heavy (non-hydrogen) atoms. The van der Waals surface area contributed by atoms with E-state index in [1.165, 1.54) is 0 Å². The third kappa shape index (κ3) is 2.08. The first-order chi connectivity index (χ1) is 5.65. The van der Waals surface area contributed by atoms with E-state index in [1.807, 2.05) is 6.92 Å². The van der Waals surface area contributed by atoms with Crippen molar-refractivity contribution in [2.24, 2.45) is 11.8 Å². The molecular weight excluding hydrogens is 152 g/mol. The first-order valence-electron chi connectivity index (χ1n) is 4.47. The summed E-state index contributed by atoms with van der Waals surface area (Å²) in [5.74, 6) is 0.817. The molecule has 70 valence electrons. The van der Waals surface area contributed by atoms with Crippen molar-refractivity contribution in [1.82, 2.24) is 0 Å². The Bertz CT molecular complexity index is 165. The van der Waals surface area contributed by atoms with Gasteiger partial charge in [0.2, 0.25) is 0 Å². The van der Waals surface area contributed by atoms with E-state index in [0.29, 0.717) is 11.8 Å². The van der Waals surface area contributed by atoms with E-state index in [9.17, 15) is 5.11 Å². The molecule has 0 aromatic carbocycles. The second-order valence-corrected chi connectivity index (χ2v) is 3.81. The average Bonchev–Trinajstić information content (AvgIpc) is 2.32. The van der Waals surface area contributed by atoms with Gasteiger partial charge in [0, 0.05) is 19.6 Å². The zero-order valence-corrected chi connectivity index (χ0v) is 7.92. The number of hydrogen-bond acceptors (Lipinski definition) is 2. The molecule has 0 aromatic heterocycles. The lowest BCUT2D eigenvalue weighted by atomic mass is 9.97. The van der Waals surface area contributed by atoms with Gasteiger partial charge in [-0.2, -0.15) is 0 Å². The summed E-state index contributed by atoms with van der Waals surface area (Å²) in [4.78, 5) is 0. The van der Waals surface area contributed by atoms with Gasteiger partial charge >= 0.3 is 0 Å². The molecular formula is C10H18O2. The van der Waals surface area contributed by atoms with E-state index in [-0.39, 0.29) is 6.10 Å². The Labute approximate surface area is 74.2 Å². The Morgan fingerprint density at radius 1 is 1.58 bits per heavy atom. The minimum absolute atomic E-state index is 0.192. The normalized spacial score (nSPS) is 35.4. The first-order valence-corrected chi connectivity index (χ1v) is 4.47. The van der Waals surface area contributed by atoms with E-state index >= 15 is 0 Å². The molecule has 3 unspecified atom stereocenters. The quantitative estimate of drug-likeness (QED) is 0.652. The number of aliphatic hydroxyl groups excluding tert-OH is 1. The zero-order chi connectivity index (χ0) is 9.14. The van der Waals surface area contributed by atoms with E-state index in [4.69, 9.17) is 4.74 Å². The summed E-state index contributed by atoms with van der Waals surface area (Å²) in [6.45, 7) is 6.64. The highest BCUT2D eigenvalue weighted by Crippen LogP contribution is 2.35.